The Morgan fingerprint density at radius 2 is 1.71 bits per heavy atom. The average molecular weight is 271 g/mol. The van der Waals surface area contributed by atoms with Crippen LogP contribution in [0.2, 0.25) is 0 Å². The molecule has 1 aromatic carbocycles. The van der Waals surface area contributed by atoms with Gasteiger partial charge in [-0.1, -0.05) is 40.9 Å². The molecule has 0 N–H and O–H groups in total. The van der Waals surface area contributed by atoms with Gasteiger partial charge in [0.25, 0.3) is 0 Å². The average Bonchev–Trinajstić information content (AvgIpc) is 2.68. The van der Waals surface area contributed by atoms with Crippen molar-refractivity contribution in [3.05, 3.63) is 34.3 Å². The van der Waals surface area contributed by atoms with Gasteiger partial charge in [0, 0.05) is 9.89 Å². The zero-order valence-corrected chi connectivity index (χ0v) is 10.7. The molecule has 0 aromatic heterocycles. The molecular formula is C12H15BrS. The molecule has 2 rings (SSSR count). The molecule has 1 aromatic rings. The minimum absolute atomic E-state index is 0.365. The Bertz CT molecular complexity index is 299. The summed E-state index contributed by atoms with van der Waals surface area (Å²) in [6, 6.07) is 8.76. The summed E-state index contributed by atoms with van der Waals surface area (Å²) < 4.78 is 1.16. The number of thiol groups is 1. The fourth-order valence-corrected chi connectivity index (χ4v) is 3.16. The molecule has 0 spiro atoms. The highest BCUT2D eigenvalue weighted by Crippen LogP contribution is 2.42. The Kier molecular flexibility index (Phi) is 3.23. The van der Waals surface area contributed by atoms with Crippen LogP contribution >= 0.6 is 28.6 Å². The first-order chi connectivity index (χ1) is 6.77. The molecule has 0 amide bonds. The normalized spacial score (nSPS) is 19.9. The van der Waals surface area contributed by atoms with Gasteiger partial charge in [-0.25, -0.2) is 0 Å². The van der Waals surface area contributed by atoms with Gasteiger partial charge >= 0.3 is 0 Å². The van der Waals surface area contributed by atoms with Crippen LogP contribution in [-0.2, 0) is 5.41 Å². The first kappa shape index (κ1) is 10.6. The van der Waals surface area contributed by atoms with Crippen molar-refractivity contribution in [3.63, 3.8) is 0 Å². The number of hydrogen-bond donors (Lipinski definition) is 1. The van der Waals surface area contributed by atoms with Gasteiger partial charge in [0.2, 0.25) is 0 Å². The van der Waals surface area contributed by atoms with E-state index >= 15 is 0 Å². The predicted octanol–water partition coefficient (Wildman–Crippen LogP) is 4.19. The van der Waals surface area contributed by atoms with E-state index in [4.69, 9.17) is 0 Å². The van der Waals surface area contributed by atoms with E-state index in [1.807, 2.05) is 0 Å². The maximum absolute atomic E-state index is 4.53. The van der Waals surface area contributed by atoms with Crippen molar-refractivity contribution in [3.8, 4) is 0 Å². The SMILES string of the molecule is SCC1(c2ccc(Br)cc2)CCCC1. The van der Waals surface area contributed by atoms with Crippen molar-refractivity contribution in [2.45, 2.75) is 31.1 Å². The Morgan fingerprint density at radius 3 is 2.21 bits per heavy atom. The van der Waals surface area contributed by atoms with Crippen LogP contribution in [0.5, 0.6) is 0 Å². The molecule has 1 fully saturated rings. The lowest BCUT2D eigenvalue weighted by Crippen LogP contribution is -2.23. The molecule has 0 atom stereocenters. The monoisotopic (exact) mass is 270 g/mol. The van der Waals surface area contributed by atoms with E-state index in [1.54, 1.807) is 0 Å². The third-order valence-electron chi connectivity index (χ3n) is 3.32. The summed E-state index contributed by atoms with van der Waals surface area (Å²) in [5, 5.41) is 0. The summed E-state index contributed by atoms with van der Waals surface area (Å²) in [6.45, 7) is 0. The molecule has 1 saturated carbocycles. The van der Waals surface area contributed by atoms with Crippen LogP contribution in [0, 0.1) is 0 Å². The molecule has 1 aliphatic carbocycles. The fraction of sp³-hybridized carbons (Fsp3) is 0.500. The van der Waals surface area contributed by atoms with E-state index < -0.39 is 0 Å². The van der Waals surface area contributed by atoms with Gasteiger partial charge in [-0.15, -0.1) is 0 Å². The zero-order chi connectivity index (χ0) is 10.0. The maximum atomic E-state index is 4.53. The minimum atomic E-state index is 0.365. The quantitative estimate of drug-likeness (QED) is 0.766. The summed E-state index contributed by atoms with van der Waals surface area (Å²) in [4.78, 5) is 0. The first-order valence-corrected chi connectivity index (χ1v) is 6.56. The standard InChI is InChI=1S/C12H15BrS/c13-11-5-3-10(4-6-11)12(9-14)7-1-2-8-12/h3-6,14H,1-2,7-9H2. The molecule has 0 aliphatic heterocycles. The topological polar surface area (TPSA) is 0 Å². The zero-order valence-electron chi connectivity index (χ0n) is 8.17. The van der Waals surface area contributed by atoms with E-state index in [9.17, 15) is 0 Å². The maximum Gasteiger partial charge on any atom is 0.0175 e. The largest absolute Gasteiger partial charge is 0.178 e. The number of rotatable bonds is 2. The molecule has 1 aliphatic rings. The lowest BCUT2D eigenvalue weighted by molar-refractivity contribution is 0.503. The fourth-order valence-electron chi connectivity index (χ4n) is 2.39. The van der Waals surface area contributed by atoms with Crippen LogP contribution in [0.4, 0.5) is 0 Å². The third-order valence-corrected chi connectivity index (χ3v) is 4.45. The Labute approximate surface area is 99.6 Å². The van der Waals surface area contributed by atoms with Gasteiger partial charge in [-0.3, -0.25) is 0 Å². The molecule has 0 saturated heterocycles. The van der Waals surface area contributed by atoms with Crippen molar-refractivity contribution in [1.29, 1.82) is 0 Å². The molecule has 0 radical (unpaired) electrons. The number of halogens is 1. The first-order valence-electron chi connectivity index (χ1n) is 5.14. The second-order valence-corrected chi connectivity index (χ2v) is 5.38. The summed E-state index contributed by atoms with van der Waals surface area (Å²) in [5.41, 5.74) is 1.83. The Balaban J connectivity index is 2.31. The molecular weight excluding hydrogens is 256 g/mol. The van der Waals surface area contributed by atoms with Crippen LogP contribution in [0.1, 0.15) is 31.2 Å². The van der Waals surface area contributed by atoms with Crippen molar-refractivity contribution < 1.29 is 0 Å². The van der Waals surface area contributed by atoms with Gasteiger partial charge in [-0.2, -0.15) is 12.6 Å². The van der Waals surface area contributed by atoms with Gasteiger partial charge in [0.15, 0.2) is 0 Å². The second kappa shape index (κ2) is 4.28. The van der Waals surface area contributed by atoms with E-state index in [-0.39, 0.29) is 0 Å². The molecule has 0 bridgehead atoms. The minimum Gasteiger partial charge on any atom is -0.178 e. The van der Waals surface area contributed by atoms with Gasteiger partial charge < -0.3 is 0 Å². The van der Waals surface area contributed by atoms with Crippen molar-refractivity contribution in [2.24, 2.45) is 0 Å². The van der Waals surface area contributed by atoms with E-state index in [1.165, 1.54) is 31.2 Å². The van der Waals surface area contributed by atoms with Crippen molar-refractivity contribution in [1.82, 2.24) is 0 Å². The van der Waals surface area contributed by atoms with Gasteiger partial charge in [-0.05, 0) is 36.3 Å². The molecule has 0 heterocycles. The van der Waals surface area contributed by atoms with Crippen LogP contribution in [-0.4, -0.2) is 5.75 Å². The molecule has 14 heavy (non-hydrogen) atoms. The molecule has 0 unspecified atom stereocenters. The second-order valence-electron chi connectivity index (χ2n) is 4.15. The van der Waals surface area contributed by atoms with Crippen LogP contribution in [0.25, 0.3) is 0 Å². The van der Waals surface area contributed by atoms with Crippen molar-refractivity contribution in [2.75, 3.05) is 5.75 Å². The lowest BCUT2D eigenvalue weighted by atomic mass is 9.81. The van der Waals surface area contributed by atoms with E-state index in [2.05, 4.69) is 52.8 Å². The van der Waals surface area contributed by atoms with E-state index in [0.717, 1.165) is 10.2 Å². The predicted molar refractivity (Wildman–Crippen MR) is 68.1 cm³/mol. The third kappa shape index (κ3) is 1.87. The smallest absolute Gasteiger partial charge is 0.0175 e. The number of hydrogen-bond acceptors (Lipinski definition) is 1. The molecule has 0 nitrogen and oxygen atoms in total. The Hall–Kier alpha value is 0.0500. The highest BCUT2D eigenvalue weighted by atomic mass is 79.9. The summed E-state index contributed by atoms with van der Waals surface area (Å²) in [6.07, 6.45) is 5.32. The van der Waals surface area contributed by atoms with E-state index in [0.29, 0.717) is 5.41 Å². The highest BCUT2D eigenvalue weighted by Gasteiger charge is 2.33. The van der Waals surface area contributed by atoms with Gasteiger partial charge in [0.05, 0.1) is 0 Å². The van der Waals surface area contributed by atoms with Crippen molar-refractivity contribution >= 4 is 28.6 Å². The summed E-state index contributed by atoms with van der Waals surface area (Å²) in [5.74, 6) is 0.981. The molecule has 76 valence electrons. The summed E-state index contributed by atoms with van der Waals surface area (Å²) in [7, 11) is 0. The van der Waals surface area contributed by atoms with Crippen LogP contribution in [0.3, 0.4) is 0 Å². The Morgan fingerprint density at radius 1 is 1.14 bits per heavy atom. The molecule has 2 heteroatoms. The lowest BCUT2D eigenvalue weighted by Gasteiger charge is -2.27. The van der Waals surface area contributed by atoms with Crippen LogP contribution in [0.15, 0.2) is 28.7 Å². The highest BCUT2D eigenvalue weighted by molar-refractivity contribution is 9.10. The van der Waals surface area contributed by atoms with Crippen LogP contribution < -0.4 is 0 Å². The number of benzene rings is 1. The van der Waals surface area contributed by atoms with Gasteiger partial charge in [0.1, 0.15) is 0 Å². The summed E-state index contributed by atoms with van der Waals surface area (Å²) >= 11 is 8.00.